The lowest BCUT2D eigenvalue weighted by Gasteiger charge is -2.35. The average molecular weight is 248 g/mol. The first-order valence-corrected chi connectivity index (χ1v) is 6.45. The van der Waals surface area contributed by atoms with Crippen molar-refractivity contribution < 1.29 is 9.53 Å². The summed E-state index contributed by atoms with van der Waals surface area (Å²) >= 11 is 0. The molecule has 1 aromatic carbocycles. The Hall–Kier alpha value is -1.71. The molecule has 1 aliphatic rings. The van der Waals surface area contributed by atoms with Gasteiger partial charge in [-0.15, -0.1) is 0 Å². The largest absolute Gasteiger partial charge is 0.464 e. The SMILES string of the molecule is CCOC(=O)C(C)N1CCCc2cc(N)ccc21. The number of nitrogens with two attached hydrogens (primary N) is 1. The normalized spacial score (nSPS) is 16.0. The summed E-state index contributed by atoms with van der Waals surface area (Å²) in [6.45, 7) is 5.03. The average Bonchev–Trinajstić information content (AvgIpc) is 2.37. The van der Waals surface area contributed by atoms with Crippen molar-refractivity contribution in [3.8, 4) is 0 Å². The van der Waals surface area contributed by atoms with Crippen molar-refractivity contribution in [2.75, 3.05) is 23.8 Å². The van der Waals surface area contributed by atoms with Gasteiger partial charge in [0, 0.05) is 17.9 Å². The van der Waals surface area contributed by atoms with Crippen molar-refractivity contribution in [1.82, 2.24) is 0 Å². The second-order valence-corrected chi connectivity index (χ2v) is 4.61. The van der Waals surface area contributed by atoms with Gasteiger partial charge in [-0.05, 0) is 50.5 Å². The van der Waals surface area contributed by atoms with Crippen LogP contribution in [-0.2, 0) is 16.0 Å². The molecule has 0 spiro atoms. The third kappa shape index (κ3) is 2.42. The van der Waals surface area contributed by atoms with E-state index in [4.69, 9.17) is 10.5 Å². The molecule has 0 fully saturated rings. The van der Waals surface area contributed by atoms with Gasteiger partial charge in [-0.25, -0.2) is 4.79 Å². The fraction of sp³-hybridized carbons (Fsp3) is 0.500. The van der Waals surface area contributed by atoms with Crippen LogP contribution in [0.25, 0.3) is 0 Å². The van der Waals surface area contributed by atoms with Crippen LogP contribution in [0, 0.1) is 0 Å². The zero-order valence-corrected chi connectivity index (χ0v) is 11.0. The van der Waals surface area contributed by atoms with E-state index >= 15 is 0 Å². The number of carbonyl (C=O) groups is 1. The number of benzene rings is 1. The van der Waals surface area contributed by atoms with E-state index in [2.05, 4.69) is 4.90 Å². The molecule has 1 atom stereocenters. The minimum Gasteiger partial charge on any atom is -0.464 e. The number of hydrogen-bond acceptors (Lipinski definition) is 4. The number of anilines is 2. The van der Waals surface area contributed by atoms with Crippen molar-refractivity contribution in [2.24, 2.45) is 0 Å². The van der Waals surface area contributed by atoms with Crippen LogP contribution in [-0.4, -0.2) is 25.2 Å². The molecular weight excluding hydrogens is 228 g/mol. The predicted octanol–water partition coefficient (Wildman–Crippen LogP) is 1.97. The highest BCUT2D eigenvalue weighted by molar-refractivity contribution is 5.80. The smallest absolute Gasteiger partial charge is 0.328 e. The molecule has 0 aromatic heterocycles. The number of carbonyl (C=O) groups excluding carboxylic acids is 1. The number of esters is 1. The predicted molar refractivity (Wildman–Crippen MR) is 72.6 cm³/mol. The number of rotatable bonds is 3. The number of nitrogens with zero attached hydrogens (tertiary/aromatic N) is 1. The van der Waals surface area contributed by atoms with Crippen LogP contribution < -0.4 is 10.6 Å². The van der Waals surface area contributed by atoms with Gasteiger partial charge in [-0.2, -0.15) is 0 Å². The van der Waals surface area contributed by atoms with Crippen LogP contribution in [0.2, 0.25) is 0 Å². The first kappa shape index (κ1) is 12.7. The number of nitrogen functional groups attached to an aromatic ring is 1. The van der Waals surface area contributed by atoms with Crippen molar-refractivity contribution >= 4 is 17.3 Å². The van der Waals surface area contributed by atoms with Crippen LogP contribution in [0.4, 0.5) is 11.4 Å². The van der Waals surface area contributed by atoms with Gasteiger partial charge in [-0.1, -0.05) is 0 Å². The van der Waals surface area contributed by atoms with E-state index in [1.54, 1.807) is 0 Å². The standard InChI is InChI=1S/C14H20N2O2/c1-3-18-14(17)10(2)16-8-4-5-11-9-12(15)6-7-13(11)16/h6-7,9-10H,3-5,8,15H2,1-2H3. The summed E-state index contributed by atoms with van der Waals surface area (Å²) in [7, 11) is 0. The van der Waals surface area contributed by atoms with Crippen molar-refractivity contribution in [2.45, 2.75) is 32.7 Å². The Morgan fingerprint density at radius 3 is 3.06 bits per heavy atom. The molecule has 4 heteroatoms. The zero-order valence-electron chi connectivity index (χ0n) is 11.0. The maximum atomic E-state index is 11.8. The summed E-state index contributed by atoms with van der Waals surface area (Å²) < 4.78 is 5.09. The Balaban J connectivity index is 2.24. The minimum atomic E-state index is -0.243. The molecule has 4 nitrogen and oxygen atoms in total. The van der Waals surface area contributed by atoms with Crippen LogP contribution >= 0.6 is 0 Å². The quantitative estimate of drug-likeness (QED) is 0.656. The number of aryl methyl sites for hydroxylation is 1. The maximum absolute atomic E-state index is 11.8. The van der Waals surface area contributed by atoms with Gasteiger partial charge in [0.15, 0.2) is 0 Å². The summed E-state index contributed by atoms with van der Waals surface area (Å²) in [5.41, 5.74) is 8.91. The minimum absolute atomic E-state index is 0.165. The second kappa shape index (κ2) is 5.29. The molecule has 0 saturated carbocycles. The molecule has 0 radical (unpaired) electrons. The number of ether oxygens (including phenoxy) is 1. The topological polar surface area (TPSA) is 55.6 Å². The van der Waals surface area contributed by atoms with Crippen molar-refractivity contribution in [3.63, 3.8) is 0 Å². The van der Waals surface area contributed by atoms with Gasteiger partial charge in [0.25, 0.3) is 0 Å². The highest BCUT2D eigenvalue weighted by Crippen LogP contribution is 2.30. The monoisotopic (exact) mass is 248 g/mol. The van der Waals surface area contributed by atoms with Crippen LogP contribution in [0.1, 0.15) is 25.8 Å². The number of fused-ring (bicyclic) bond motifs is 1. The molecular formula is C14H20N2O2. The third-order valence-electron chi connectivity index (χ3n) is 3.35. The molecule has 0 amide bonds. The van der Waals surface area contributed by atoms with Gasteiger partial charge >= 0.3 is 5.97 Å². The van der Waals surface area contributed by atoms with Gasteiger partial charge in [0.1, 0.15) is 6.04 Å². The Morgan fingerprint density at radius 1 is 1.56 bits per heavy atom. The fourth-order valence-corrected chi connectivity index (χ4v) is 2.44. The zero-order chi connectivity index (χ0) is 13.1. The highest BCUT2D eigenvalue weighted by atomic mass is 16.5. The first-order chi connectivity index (χ1) is 8.63. The maximum Gasteiger partial charge on any atom is 0.328 e. The Morgan fingerprint density at radius 2 is 2.33 bits per heavy atom. The molecule has 0 aliphatic carbocycles. The highest BCUT2D eigenvalue weighted by Gasteiger charge is 2.26. The molecule has 1 aromatic rings. The lowest BCUT2D eigenvalue weighted by molar-refractivity contribution is -0.144. The van der Waals surface area contributed by atoms with Gasteiger partial charge in [-0.3, -0.25) is 0 Å². The third-order valence-corrected chi connectivity index (χ3v) is 3.35. The molecule has 2 rings (SSSR count). The molecule has 1 unspecified atom stereocenters. The van der Waals surface area contributed by atoms with E-state index in [1.165, 1.54) is 5.56 Å². The lowest BCUT2D eigenvalue weighted by atomic mass is 9.99. The summed E-state index contributed by atoms with van der Waals surface area (Å²) in [4.78, 5) is 13.9. The Kier molecular flexibility index (Phi) is 3.75. The van der Waals surface area contributed by atoms with E-state index in [9.17, 15) is 4.79 Å². The molecule has 2 N–H and O–H groups in total. The van der Waals surface area contributed by atoms with Crippen molar-refractivity contribution in [1.29, 1.82) is 0 Å². The van der Waals surface area contributed by atoms with E-state index in [1.807, 2.05) is 32.0 Å². The van der Waals surface area contributed by atoms with E-state index in [0.29, 0.717) is 6.61 Å². The number of hydrogen-bond donors (Lipinski definition) is 1. The van der Waals surface area contributed by atoms with Gasteiger partial charge in [0.2, 0.25) is 0 Å². The molecule has 0 saturated heterocycles. The lowest BCUT2D eigenvalue weighted by Crippen LogP contribution is -2.43. The Bertz CT molecular complexity index is 445. The van der Waals surface area contributed by atoms with Crippen LogP contribution in [0.5, 0.6) is 0 Å². The van der Waals surface area contributed by atoms with E-state index in [-0.39, 0.29) is 12.0 Å². The van der Waals surface area contributed by atoms with E-state index < -0.39 is 0 Å². The second-order valence-electron chi connectivity index (χ2n) is 4.61. The van der Waals surface area contributed by atoms with Gasteiger partial charge in [0.05, 0.1) is 6.61 Å². The molecule has 0 bridgehead atoms. The van der Waals surface area contributed by atoms with Crippen LogP contribution in [0.3, 0.4) is 0 Å². The van der Waals surface area contributed by atoms with Crippen molar-refractivity contribution in [3.05, 3.63) is 23.8 Å². The molecule has 1 aliphatic heterocycles. The summed E-state index contributed by atoms with van der Waals surface area (Å²) in [6, 6.07) is 5.64. The molecule has 18 heavy (non-hydrogen) atoms. The first-order valence-electron chi connectivity index (χ1n) is 6.45. The summed E-state index contributed by atoms with van der Waals surface area (Å²) in [5, 5.41) is 0. The van der Waals surface area contributed by atoms with Gasteiger partial charge < -0.3 is 15.4 Å². The van der Waals surface area contributed by atoms with E-state index in [0.717, 1.165) is 30.8 Å². The fourth-order valence-electron chi connectivity index (χ4n) is 2.44. The summed E-state index contributed by atoms with van der Waals surface area (Å²) in [5.74, 6) is -0.165. The summed E-state index contributed by atoms with van der Waals surface area (Å²) in [6.07, 6.45) is 2.06. The Labute approximate surface area is 108 Å². The molecule has 98 valence electrons. The molecule has 1 heterocycles. The van der Waals surface area contributed by atoms with Crippen LogP contribution in [0.15, 0.2) is 18.2 Å².